The van der Waals surface area contributed by atoms with Crippen molar-refractivity contribution in [2.75, 3.05) is 0 Å². The Morgan fingerprint density at radius 2 is 1.87 bits per heavy atom. The minimum atomic E-state index is -4.13. The summed E-state index contributed by atoms with van der Waals surface area (Å²) in [5.74, 6) is 0.383. The average Bonchev–Trinajstić information content (AvgIpc) is 2.56. The topological polar surface area (TPSA) is 13.1 Å². The van der Waals surface area contributed by atoms with E-state index in [1.54, 1.807) is 18.2 Å². The minimum Gasteiger partial charge on any atom is -0.461 e. The van der Waals surface area contributed by atoms with E-state index in [-0.39, 0.29) is 6.42 Å². The second-order valence-electron chi connectivity index (χ2n) is 3.37. The van der Waals surface area contributed by atoms with Crippen LogP contribution >= 0.6 is 0 Å². The predicted octanol–water partition coefficient (Wildman–Crippen LogP) is 3.93. The van der Waals surface area contributed by atoms with Crippen molar-refractivity contribution in [3.05, 3.63) is 36.1 Å². The summed E-state index contributed by atoms with van der Waals surface area (Å²) in [6.45, 7) is 0. The van der Waals surface area contributed by atoms with E-state index in [2.05, 4.69) is 0 Å². The molecule has 0 aliphatic carbocycles. The van der Waals surface area contributed by atoms with Crippen LogP contribution in [0.2, 0.25) is 0 Å². The van der Waals surface area contributed by atoms with Crippen LogP contribution in [-0.4, -0.2) is 6.18 Å². The monoisotopic (exact) mass is 214 g/mol. The third-order valence-corrected chi connectivity index (χ3v) is 2.13. The van der Waals surface area contributed by atoms with Crippen LogP contribution in [0.3, 0.4) is 0 Å². The van der Waals surface area contributed by atoms with Crippen LogP contribution < -0.4 is 0 Å². The Morgan fingerprint density at radius 1 is 1.13 bits per heavy atom. The maximum Gasteiger partial charge on any atom is 0.389 e. The maximum atomic E-state index is 12.0. The number of halogens is 3. The molecule has 2 aromatic rings. The molecule has 4 heteroatoms. The lowest BCUT2D eigenvalue weighted by Crippen LogP contribution is -2.07. The van der Waals surface area contributed by atoms with Gasteiger partial charge in [-0.15, -0.1) is 0 Å². The lowest BCUT2D eigenvalue weighted by atomic mass is 10.2. The van der Waals surface area contributed by atoms with Gasteiger partial charge in [0.25, 0.3) is 0 Å². The van der Waals surface area contributed by atoms with E-state index in [0.29, 0.717) is 11.3 Å². The highest BCUT2D eigenvalue weighted by Crippen LogP contribution is 2.25. The molecule has 0 atom stereocenters. The van der Waals surface area contributed by atoms with Gasteiger partial charge < -0.3 is 4.42 Å². The summed E-state index contributed by atoms with van der Waals surface area (Å²) in [4.78, 5) is 0. The molecule has 0 radical (unpaired) electrons. The number of hydrogen-bond acceptors (Lipinski definition) is 1. The first-order valence-electron chi connectivity index (χ1n) is 4.59. The van der Waals surface area contributed by atoms with E-state index in [1.807, 2.05) is 12.1 Å². The van der Waals surface area contributed by atoms with Gasteiger partial charge >= 0.3 is 6.18 Å². The predicted molar refractivity (Wildman–Crippen MR) is 50.6 cm³/mol. The smallest absolute Gasteiger partial charge is 0.389 e. The molecule has 0 saturated carbocycles. The summed E-state index contributed by atoms with van der Waals surface area (Å²) in [6, 6.07) is 8.83. The Bertz CT molecular complexity index is 423. The van der Waals surface area contributed by atoms with E-state index in [9.17, 15) is 13.2 Å². The zero-order valence-corrected chi connectivity index (χ0v) is 7.84. The summed E-state index contributed by atoms with van der Waals surface area (Å²) in [5, 5.41) is 0.842. The fourth-order valence-electron chi connectivity index (χ4n) is 1.42. The van der Waals surface area contributed by atoms with Gasteiger partial charge in [-0.3, -0.25) is 0 Å². The number of alkyl halides is 3. The standard InChI is InChI=1S/C11H9F3O/c12-11(13,14)6-5-9-7-8-3-1-2-4-10(8)15-9/h1-4,7H,5-6H2. The van der Waals surface area contributed by atoms with Gasteiger partial charge in [0.15, 0.2) is 0 Å². The van der Waals surface area contributed by atoms with Crippen molar-refractivity contribution < 1.29 is 17.6 Å². The zero-order chi connectivity index (χ0) is 10.9. The van der Waals surface area contributed by atoms with Crippen LogP contribution in [0.5, 0.6) is 0 Å². The lowest BCUT2D eigenvalue weighted by molar-refractivity contribution is -0.134. The second-order valence-corrected chi connectivity index (χ2v) is 3.37. The maximum absolute atomic E-state index is 12.0. The van der Waals surface area contributed by atoms with Gasteiger partial charge in [-0.05, 0) is 12.1 Å². The molecule has 15 heavy (non-hydrogen) atoms. The van der Waals surface area contributed by atoms with Crippen molar-refractivity contribution in [3.63, 3.8) is 0 Å². The van der Waals surface area contributed by atoms with E-state index < -0.39 is 12.6 Å². The normalized spacial score (nSPS) is 12.2. The lowest BCUT2D eigenvalue weighted by Gasteiger charge is -2.02. The van der Waals surface area contributed by atoms with Gasteiger partial charge in [-0.25, -0.2) is 0 Å². The highest BCUT2D eigenvalue weighted by Gasteiger charge is 2.27. The number of fused-ring (bicyclic) bond motifs is 1. The van der Waals surface area contributed by atoms with E-state index in [1.165, 1.54) is 0 Å². The Kier molecular flexibility index (Phi) is 2.42. The third-order valence-electron chi connectivity index (χ3n) is 2.13. The highest BCUT2D eigenvalue weighted by molar-refractivity contribution is 5.77. The van der Waals surface area contributed by atoms with Crippen molar-refractivity contribution in [2.24, 2.45) is 0 Å². The first-order valence-corrected chi connectivity index (χ1v) is 4.59. The van der Waals surface area contributed by atoms with Crippen LogP contribution in [0.25, 0.3) is 11.0 Å². The van der Waals surface area contributed by atoms with E-state index >= 15 is 0 Å². The van der Waals surface area contributed by atoms with E-state index in [0.717, 1.165) is 5.39 Å². The molecular formula is C11H9F3O. The molecule has 1 heterocycles. The van der Waals surface area contributed by atoms with Crippen molar-refractivity contribution in [3.8, 4) is 0 Å². The van der Waals surface area contributed by atoms with Crippen molar-refractivity contribution in [1.82, 2.24) is 0 Å². The second kappa shape index (κ2) is 3.61. The van der Waals surface area contributed by atoms with Crippen LogP contribution in [0, 0.1) is 0 Å². The van der Waals surface area contributed by atoms with Crippen molar-refractivity contribution in [1.29, 1.82) is 0 Å². The first-order chi connectivity index (χ1) is 7.04. The molecule has 1 aromatic heterocycles. The van der Waals surface area contributed by atoms with Crippen LogP contribution in [0.1, 0.15) is 12.2 Å². The molecule has 1 aromatic carbocycles. The van der Waals surface area contributed by atoms with Gasteiger partial charge in [-0.1, -0.05) is 18.2 Å². The molecule has 2 rings (SSSR count). The molecule has 0 unspecified atom stereocenters. The van der Waals surface area contributed by atoms with Gasteiger partial charge in [0, 0.05) is 11.8 Å². The summed E-state index contributed by atoms with van der Waals surface area (Å²) < 4.78 is 41.1. The Hall–Kier alpha value is -1.45. The van der Waals surface area contributed by atoms with Crippen LogP contribution in [0.4, 0.5) is 13.2 Å². The molecule has 80 valence electrons. The molecule has 0 aliphatic rings. The largest absolute Gasteiger partial charge is 0.461 e. The van der Waals surface area contributed by atoms with Gasteiger partial charge in [-0.2, -0.15) is 13.2 Å². The molecule has 0 bridgehead atoms. The Labute approximate surface area is 84.5 Å². The first kappa shape index (κ1) is 10.1. The molecule has 0 saturated heterocycles. The number of aryl methyl sites for hydroxylation is 1. The van der Waals surface area contributed by atoms with Crippen LogP contribution in [0.15, 0.2) is 34.7 Å². The number of para-hydroxylation sites is 1. The van der Waals surface area contributed by atoms with Crippen molar-refractivity contribution >= 4 is 11.0 Å². The fraction of sp³-hybridized carbons (Fsp3) is 0.273. The molecule has 0 aliphatic heterocycles. The Balaban J connectivity index is 2.16. The Morgan fingerprint density at radius 3 is 2.53 bits per heavy atom. The molecule has 1 nitrogen and oxygen atoms in total. The average molecular weight is 214 g/mol. The molecule has 0 spiro atoms. The summed E-state index contributed by atoms with van der Waals surface area (Å²) in [7, 11) is 0. The van der Waals surface area contributed by atoms with Gasteiger partial charge in [0.05, 0.1) is 6.42 Å². The number of hydrogen-bond donors (Lipinski definition) is 0. The number of rotatable bonds is 2. The molecule has 0 fully saturated rings. The third kappa shape index (κ3) is 2.52. The molecular weight excluding hydrogens is 205 g/mol. The zero-order valence-electron chi connectivity index (χ0n) is 7.84. The van der Waals surface area contributed by atoms with Gasteiger partial charge in [0.2, 0.25) is 0 Å². The number of benzene rings is 1. The molecule has 0 N–H and O–H groups in total. The fourth-order valence-corrected chi connectivity index (χ4v) is 1.42. The highest BCUT2D eigenvalue weighted by atomic mass is 19.4. The summed E-state index contributed by atoms with van der Waals surface area (Å²) >= 11 is 0. The number of furan rings is 1. The summed E-state index contributed by atoms with van der Waals surface area (Å²) in [5.41, 5.74) is 0.634. The van der Waals surface area contributed by atoms with Gasteiger partial charge in [0.1, 0.15) is 11.3 Å². The summed E-state index contributed by atoms with van der Waals surface area (Å²) in [6.07, 6.45) is -5.07. The molecule has 0 amide bonds. The van der Waals surface area contributed by atoms with Crippen LogP contribution in [-0.2, 0) is 6.42 Å². The SMILES string of the molecule is FC(F)(F)CCc1cc2ccccc2o1. The van der Waals surface area contributed by atoms with Crippen molar-refractivity contribution in [2.45, 2.75) is 19.0 Å². The quantitative estimate of drug-likeness (QED) is 0.738. The minimum absolute atomic E-state index is 0.0990. The van der Waals surface area contributed by atoms with E-state index in [4.69, 9.17) is 4.42 Å².